The number of fused-ring (bicyclic) bond motifs is 5. The van der Waals surface area contributed by atoms with Gasteiger partial charge in [-0.3, -0.25) is 0 Å². The van der Waals surface area contributed by atoms with E-state index in [9.17, 15) is 10.3 Å². The molecule has 4 fully saturated rings. The number of hydrogen-bond acceptors (Lipinski definition) is 3. The Morgan fingerprint density at radius 1 is 1.00 bits per heavy atom. The van der Waals surface area contributed by atoms with E-state index in [1.165, 1.54) is 32.1 Å². The molecule has 3 heteroatoms. The first-order chi connectivity index (χ1) is 9.99. The summed E-state index contributed by atoms with van der Waals surface area (Å²) in [7, 11) is 0. The number of rotatable bonds is 0. The van der Waals surface area contributed by atoms with Crippen LogP contribution in [-0.2, 0) is 0 Å². The van der Waals surface area contributed by atoms with E-state index in [1.807, 2.05) is 0 Å². The van der Waals surface area contributed by atoms with Crippen molar-refractivity contribution in [1.29, 1.82) is 0 Å². The van der Waals surface area contributed by atoms with Crippen molar-refractivity contribution in [3.8, 4) is 0 Å². The molecule has 0 aromatic carbocycles. The van der Waals surface area contributed by atoms with E-state index in [-0.39, 0.29) is 11.5 Å². The van der Waals surface area contributed by atoms with Gasteiger partial charge in [0.2, 0.25) is 0 Å². The molecule has 4 aliphatic carbocycles. The van der Waals surface area contributed by atoms with Gasteiger partial charge in [-0.15, -0.1) is 0 Å². The molecule has 2 N–H and O–H groups in total. The summed E-state index contributed by atoms with van der Waals surface area (Å²) < 4.78 is 0. The highest BCUT2D eigenvalue weighted by Gasteiger charge is 2.60. The minimum absolute atomic E-state index is 0.0767. The first kappa shape index (κ1) is 14.0. The average Bonchev–Trinajstić information content (AvgIpc) is 2.96. The van der Waals surface area contributed by atoms with Gasteiger partial charge in [-0.2, -0.15) is 0 Å². The van der Waals surface area contributed by atoms with Gasteiger partial charge in [-0.05, 0) is 85.9 Å². The Morgan fingerprint density at radius 3 is 2.52 bits per heavy atom. The predicted octanol–water partition coefficient (Wildman–Crippen LogP) is 3.83. The molecule has 0 saturated heterocycles. The van der Waals surface area contributed by atoms with Gasteiger partial charge in [-0.1, -0.05) is 19.0 Å². The van der Waals surface area contributed by atoms with Gasteiger partial charge >= 0.3 is 0 Å². The predicted molar refractivity (Wildman–Crippen MR) is 82.3 cm³/mol. The maximum absolute atomic E-state index is 10.5. The zero-order valence-corrected chi connectivity index (χ0v) is 13.4. The van der Waals surface area contributed by atoms with Crippen LogP contribution < -0.4 is 0 Å². The molecule has 0 radical (unpaired) electrons. The lowest BCUT2D eigenvalue weighted by molar-refractivity contribution is -0.0989. The summed E-state index contributed by atoms with van der Waals surface area (Å²) in [5.74, 6) is 3.01. The van der Waals surface area contributed by atoms with E-state index >= 15 is 0 Å². The summed E-state index contributed by atoms with van der Waals surface area (Å²) >= 11 is 0. The molecule has 4 saturated carbocycles. The molecule has 21 heavy (non-hydrogen) atoms. The van der Waals surface area contributed by atoms with E-state index in [4.69, 9.17) is 0 Å². The molecule has 4 aliphatic rings. The lowest BCUT2D eigenvalue weighted by atomic mass is 9.48. The van der Waals surface area contributed by atoms with Crippen LogP contribution in [-0.4, -0.2) is 22.1 Å². The van der Waals surface area contributed by atoms with Crippen molar-refractivity contribution < 1.29 is 10.3 Å². The van der Waals surface area contributed by atoms with Crippen molar-refractivity contribution in [3.05, 3.63) is 0 Å². The molecule has 118 valence electrons. The second kappa shape index (κ2) is 4.47. The Balaban J connectivity index is 1.65. The Labute approximate surface area is 127 Å². The van der Waals surface area contributed by atoms with Crippen molar-refractivity contribution in [2.24, 2.45) is 39.7 Å². The molecule has 0 aliphatic heterocycles. The highest BCUT2D eigenvalue weighted by atomic mass is 16.4. The number of aliphatic hydroxyl groups is 1. The zero-order chi connectivity index (χ0) is 14.8. The fourth-order valence-corrected chi connectivity index (χ4v) is 6.99. The third-order valence-electron chi connectivity index (χ3n) is 8.22. The van der Waals surface area contributed by atoms with Crippen LogP contribution in [0.25, 0.3) is 0 Å². The lowest BCUT2D eigenvalue weighted by Crippen LogP contribution is -2.51. The Hall–Kier alpha value is -0.570. The molecule has 0 bridgehead atoms. The van der Waals surface area contributed by atoms with Gasteiger partial charge < -0.3 is 10.3 Å². The van der Waals surface area contributed by atoms with E-state index in [0.29, 0.717) is 5.41 Å². The topological polar surface area (TPSA) is 52.8 Å². The van der Waals surface area contributed by atoms with Crippen molar-refractivity contribution >= 4 is 5.71 Å². The molecule has 4 rings (SSSR count). The van der Waals surface area contributed by atoms with E-state index < -0.39 is 0 Å². The van der Waals surface area contributed by atoms with Crippen molar-refractivity contribution in [3.63, 3.8) is 0 Å². The summed E-state index contributed by atoms with van der Waals surface area (Å²) in [6.07, 6.45) is 9.24. The largest absolute Gasteiger partial charge is 0.411 e. The fourth-order valence-electron chi connectivity index (χ4n) is 6.99. The summed E-state index contributed by atoms with van der Waals surface area (Å²) in [6.45, 7) is 4.80. The molecule has 7 atom stereocenters. The van der Waals surface area contributed by atoms with Crippen LogP contribution in [0.5, 0.6) is 0 Å². The van der Waals surface area contributed by atoms with Gasteiger partial charge in [0.1, 0.15) is 0 Å². The zero-order valence-electron chi connectivity index (χ0n) is 13.4. The summed E-state index contributed by atoms with van der Waals surface area (Å²) in [5, 5.41) is 23.2. The Kier molecular flexibility index (Phi) is 2.99. The first-order valence-electron chi connectivity index (χ1n) is 8.87. The fraction of sp³-hybridized carbons (Fsp3) is 0.944. The summed E-state index contributed by atoms with van der Waals surface area (Å²) in [4.78, 5) is 0. The minimum atomic E-state index is -0.0767. The molecule has 0 aromatic rings. The normalized spacial score (nSPS) is 57.9. The summed E-state index contributed by atoms with van der Waals surface area (Å²) in [6, 6.07) is 0. The number of aliphatic hydroxyl groups excluding tert-OH is 1. The lowest BCUT2D eigenvalue weighted by Gasteiger charge is -2.57. The molecule has 0 aromatic heterocycles. The molecular formula is C18H29NO2. The van der Waals surface area contributed by atoms with Crippen LogP contribution >= 0.6 is 0 Å². The van der Waals surface area contributed by atoms with Crippen molar-refractivity contribution in [2.45, 2.75) is 71.3 Å². The van der Waals surface area contributed by atoms with Gasteiger partial charge in [-0.25, -0.2) is 0 Å². The van der Waals surface area contributed by atoms with Crippen LogP contribution in [0.1, 0.15) is 65.2 Å². The number of hydrogen-bond donors (Lipinski definition) is 2. The minimum Gasteiger partial charge on any atom is -0.411 e. The SMILES string of the molecule is C[C@]12C/C(=N\O)C[C@@H]1CC[C@@H]1[C@@H]2CC[C@]2(C)[C@@H](O)CC[C@@H]12. The van der Waals surface area contributed by atoms with Gasteiger partial charge in [0, 0.05) is 0 Å². The Bertz CT molecular complexity index is 476. The average molecular weight is 291 g/mol. The quantitative estimate of drug-likeness (QED) is 0.526. The molecule has 3 nitrogen and oxygen atoms in total. The van der Waals surface area contributed by atoms with Gasteiger partial charge in [0.25, 0.3) is 0 Å². The second-order valence-corrected chi connectivity index (χ2v) is 8.84. The Morgan fingerprint density at radius 2 is 1.76 bits per heavy atom. The smallest absolute Gasteiger partial charge is 0.0596 e. The van der Waals surface area contributed by atoms with Crippen LogP contribution in [0.15, 0.2) is 5.16 Å². The standard InChI is InChI=1S/C18H29NO2/c1-17-8-7-15-13(14(17)5-6-16(17)20)4-3-11-9-12(19-21)10-18(11,15)2/h11,13-16,20-21H,3-10H2,1-2H3/b19-12-/t11-,13-,14-,15-,16-,17-,18-/m0/s1. The second-order valence-electron chi connectivity index (χ2n) is 8.84. The van der Waals surface area contributed by atoms with Crippen LogP contribution in [0.4, 0.5) is 0 Å². The van der Waals surface area contributed by atoms with Crippen LogP contribution in [0.2, 0.25) is 0 Å². The third-order valence-corrected chi connectivity index (χ3v) is 8.22. The van der Waals surface area contributed by atoms with Crippen LogP contribution in [0.3, 0.4) is 0 Å². The highest BCUT2D eigenvalue weighted by molar-refractivity contribution is 5.87. The monoisotopic (exact) mass is 291 g/mol. The molecule has 0 amide bonds. The van der Waals surface area contributed by atoms with Gasteiger partial charge in [0.15, 0.2) is 0 Å². The van der Waals surface area contributed by atoms with Crippen molar-refractivity contribution in [1.82, 2.24) is 0 Å². The molecular weight excluding hydrogens is 262 g/mol. The van der Waals surface area contributed by atoms with E-state index in [2.05, 4.69) is 19.0 Å². The van der Waals surface area contributed by atoms with Crippen LogP contribution in [0, 0.1) is 34.5 Å². The number of oxime groups is 1. The molecule has 0 heterocycles. The molecule has 0 spiro atoms. The van der Waals surface area contributed by atoms with E-state index in [1.54, 1.807) is 0 Å². The summed E-state index contributed by atoms with van der Waals surface area (Å²) in [5.41, 5.74) is 1.55. The van der Waals surface area contributed by atoms with Crippen molar-refractivity contribution in [2.75, 3.05) is 0 Å². The maximum Gasteiger partial charge on any atom is 0.0596 e. The maximum atomic E-state index is 10.5. The van der Waals surface area contributed by atoms with E-state index in [0.717, 1.165) is 48.6 Å². The molecule has 0 unspecified atom stereocenters. The highest BCUT2D eigenvalue weighted by Crippen LogP contribution is 2.66. The number of nitrogens with zero attached hydrogens (tertiary/aromatic N) is 1. The first-order valence-corrected chi connectivity index (χ1v) is 8.87. The van der Waals surface area contributed by atoms with Gasteiger partial charge in [0.05, 0.1) is 11.8 Å². The third kappa shape index (κ3) is 1.73.